The lowest BCUT2D eigenvalue weighted by molar-refractivity contribution is -0.946. The molecule has 2 aromatic rings. The number of hydrogen-bond acceptors (Lipinski definition) is 8. The number of aromatic hydroxyl groups is 1. The number of nitrogens with zero attached hydrogens (tertiary/aromatic N) is 1. The molecule has 9 heteroatoms. The summed E-state index contributed by atoms with van der Waals surface area (Å²) in [5.41, 5.74) is 1.15. The lowest BCUT2D eigenvalue weighted by atomic mass is 9.80. The molecule has 250 valence electrons. The number of ether oxygens (including phenoxy) is 3. The lowest BCUT2D eigenvalue weighted by Gasteiger charge is -2.52. The molecular formula is C36H55N2O7+. The third-order valence-corrected chi connectivity index (χ3v) is 10.6. The molecule has 3 saturated heterocycles. The minimum absolute atomic E-state index is 0.0284. The molecule has 1 unspecified atom stereocenters. The predicted molar refractivity (Wildman–Crippen MR) is 173 cm³/mol. The molecule has 1 aliphatic carbocycles. The van der Waals surface area contributed by atoms with Crippen LogP contribution in [0.15, 0.2) is 48.5 Å². The van der Waals surface area contributed by atoms with E-state index in [0.29, 0.717) is 56.6 Å². The fourth-order valence-corrected chi connectivity index (χ4v) is 7.69. The van der Waals surface area contributed by atoms with Crippen LogP contribution in [0.3, 0.4) is 0 Å². The van der Waals surface area contributed by atoms with Crippen LogP contribution in [0.4, 0.5) is 0 Å². The smallest absolute Gasteiger partial charge is 0.121 e. The highest BCUT2D eigenvalue weighted by atomic mass is 16.5. The van der Waals surface area contributed by atoms with E-state index in [-0.39, 0.29) is 24.4 Å². The summed E-state index contributed by atoms with van der Waals surface area (Å²) in [7, 11) is 0. The number of hydrogen-bond donors (Lipinski definition) is 5. The molecule has 45 heavy (non-hydrogen) atoms. The predicted octanol–water partition coefficient (Wildman–Crippen LogP) is 3.63. The van der Waals surface area contributed by atoms with Crippen molar-refractivity contribution in [1.29, 1.82) is 0 Å². The quantitative estimate of drug-likeness (QED) is 0.118. The van der Waals surface area contributed by atoms with E-state index >= 15 is 0 Å². The summed E-state index contributed by atoms with van der Waals surface area (Å²) < 4.78 is 19.5. The minimum Gasteiger partial charge on any atom is -0.508 e. The average Bonchev–Trinajstić information content (AvgIpc) is 3.63. The highest BCUT2D eigenvalue weighted by Gasteiger charge is 2.48. The van der Waals surface area contributed by atoms with Gasteiger partial charge in [-0.1, -0.05) is 49.2 Å². The van der Waals surface area contributed by atoms with E-state index in [4.69, 9.17) is 14.2 Å². The first-order valence-corrected chi connectivity index (χ1v) is 17.1. The van der Waals surface area contributed by atoms with Crippen LogP contribution < -0.4 is 5.32 Å². The number of fused-ring (bicyclic) bond motifs is 3. The fourth-order valence-electron chi connectivity index (χ4n) is 7.69. The second-order valence-corrected chi connectivity index (χ2v) is 13.5. The standard InChI is InChI=1S/C36H54N2O7/c39-26-30-23-29(11-12-33(30)40)34(41)24-37-15-21-43-19-6-20-44-22-18-38-16-13-28(14-17-38)35(25-38)45-27-36(42,32-9-4-5-10-32)31-7-2-1-3-8-31/h1-3,7-8,11-12,23,28,32,34-35,37,39,41-42H,4-6,9-10,13-22,24-27H2/p+1/t28?,34-,35-,36?,38?/m0/s1. The topological polar surface area (TPSA) is 121 Å². The Kier molecular flexibility index (Phi) is 12.7. The molecule has 5 N–H and O–H groups in total. The molecule has 0 amide bonds. The molecule has 3 aliphatic heterocycles. The number of phenols is 1. The SMILES string of the molecule is OCc1cc([C@@H](O)CNCCOCCCOCC[N+]23CCC(CC2)[C@@H](OCC(O)(c2ccccc2)C2CCCC2)C3)ccc1O. The Morgan fingerprint density at radius 3 is 2.40 bits per heavy atom. The first-order valence-electron chi connectivity index (χ1n) is 17.1. The molecule has 0 aromatic heterocycles. The van der Waals surface area contributed by atoms with E-state index in [2.05, 4.69) is 17.4 Å². The van der Waals surface area contributed by atoms with E-state index in [1.165, 1.54) is 44.8 Å². The van der Waals surface area contributed by atoms with Gasteiger partial charge in [0.05, 0.1) is 45.6 Å². The summed E-state index contributed by atoms with van der Waals surface area (Å²) >= 11 is 0. The monoisotopic (exact) mass is 627 g/mol. The van der Waals surface area contributed by atoms with E-state index in [1.807, 2.05) is 18.2 Å². The summed E-state index contributed by atoms with van der Waals surface area (Å²) in [6.45, 7) is 8.11. The Labute approximate surface area is 268 Å². The molecular weight excluding hydrogens is 572 g/mol. The van der Waals surface area contributed by atoms with Crippen molar-refractivity contribution in [3.8, 4) is 5.75 Å². The van der Waals surface area contributed by atoms with Gasteiger partial charge in [-0.05, 0) is 48.4 Å². The van der Waals surface area contributed by atoms with Crippen LogP contribution >= 0.6 is 0 Å². The molecule has 0 radical (unpaired) electrons. The highest BCUT2D eigenvalue weighted by Crippen LogP contribution is 2.42. The number of quaternary nitrogens is 1. The Morgan fingerprint density at radius 2 is 1.67 bits per heavy atom. The van der Waals surface area contributed by atoms with E-state index in [9.17, 15) is 20.4 Å². The summed E-state index contributed by atoms with van der Waals surface area (Å²) in [4.78, 5) is 0. The van der Waals surface area contributed by atoms with Gasteiger partial charge in [0.1, 0.15) is 30.5 Å². The van der Waals surface area contributed by atoms with Crippen LogP contribution in [0, 0.1) is 11.8 Å². The second-order valence-electron chi connectivity index (χ2n) is 13.5. The van der Waals surface area contributed by atoms with Crippen molar-refractivity contribution in [2.45, 2.75) is 69.4 Å². The molecule has 6 rings (SSSR count). The highest BCUT2D eigenvalue weighted by molar-refractivity contribution is 5.36. The van der Waals surface area contributed by atoms with Crippen molar-refractivity contribution in [3.63, 3.8) is 0 Å². The number of aliphatic hydroxyl groups excluding tert-OH is 2. The van der Waals surface area contributed by atoms with Crippen LogP contribution in [-0.2, 0) is 26.4 Å². The zero-order valence-electron chi connectivity index (χ0n) is 26.8. The van der Waals surface area contributed by atoms with E-state index < -0.39 is 11.7 Å². The number of piperidine rings is 3. The molecule has 1 saturated carbocycles. The molecule has 2 bridgehead atoms. The van der Waals surface area contributed by atoms with E-state index in [1.54, 1.807) is 12.1 Å². The summed E-state index contributed by atoms with van der Waals surface area (Å²) in [6, 6.07) is 15.0. The van der Waals surface area contributed by atoms with Gasteiger partial charge in [0.15, 0.2) is 0 Å². The largest absolute Gasteiger partial charge is 0.508 e. The zero-order valence-corrected chi connectivity index (χ0v) is 26.8. The number of nitrogens with one attached hydrogen (secondary N) is 1. The molecule has 0 spiro atoms. The first-order chi connectivity index (χ1) is 21.9. The lowest BCUT2D eigenvalue weighted by Crippen LogP contribution is -2.65. The van der Waals surface area contributed by atoms with Gasteiger partial charge in [0.25, 0.3) is 0 Å². The Morgan fingerprint density at radius 1 is 0.933 bits per heavy atom. The molecule has 9 nitrogen and oxygen atoms in total. The first kappa shape index (κ1) is 34.3. The summed E-state index contributed by atoms with van der Waals surface area (Å²) in [5.74, 6) is 0.890. The third-order valence-electron chi connectivity index (χ3n) is 10.6. The number of rotatable bonds is 19. The van der Waals surface area contributed by atoms with Crippen LogP contribution in [0.25, 0.3) is 0 Å². The fraction of sp³-hybridized carbons (Fsp3) is 0.667. The van der Waals surface area contributed by atoms with Crippen LogP contribution in [-0.4, -0.2) is 103 Å². The number of aliphatic hydroxyl groups is 3. The van der Waals surface area contributed by atoms with Crippen molar-refractivity contribution < 1.29 is 39.1 Å². The Hall–Kier alpha value is -2.08. The number of benzene rings is 2. The summed E-state index contributed by atoms with van der Waals surface area (Å²) in [6.07, 6.45) is 7.22. The molecule has 4 aliphatic rings. The van der Waals surface area contributed by atoms with Crippen molar-refractivity contribution >= 4 is 0 Å². The normalized spacial score (nSPS) is 25.4. The van der Waals surface area contributed by atoms with Gasteiger partial charge in [-0.15, -0.1) is 0 Å². The maximum atomic E-state index is 12.0. The van der Waals surface area contributed by atoms with Crippen molar-refractivity contribution in [1.82, 2.24) is 5.32 Å². The molecule has 2 aromatic carbocycles. The van der Waals surface area contributed by atoms with Gasteiger partial charge < -0.3 is 44.4 Å². The van der Waals surface area contributed by atoms with Gasteiger partial charge in [0.2, 0.25) is 0 Å². The summed E-state index contributed by atoms with van der Waals surface area (Å²) in [5, 5.41) is 44.4. The van der Waals surface area contributed by atoms with Crippen molar-refractivity contribution in [2.75, 3.05) is 72.3 Å². The third kappa shape index (κ3) is 9.05. The van der Waals surface area contributed by atoms with Crippen LogP contribution in [0.5, 0.6) is 5.75 Å². The van der Waals surface area contributed by atoms with Gasteiger partial charge in [0, 0.05) is 50.6 Å². The zero-order chi connectivity index (χ0) is 31.5. The Balaban J connectivity index is 0.947. The van der Waals surface area contributed by atoms with Crippen LogP contribution in [0.2, 0.25) is 0 Å². The van der Waals surface area contributed by atoms with Gasteiger partial charge >= 0.3 is 0 Å². The van der Waals surface area contributed by atoms with Gasteiger partial charge in [-0.25, -0.2) is 0 Å². The Bertz CT molecular complexity index is 1150. The second kappa shape index (κ2) is 16.7. The van der Waals surface area contributed by atoms with Gasteiger partial charge in [-0.3, -0.25) is 0 Å². The molecule has 4 fully saturated rings. The van der Waals surface area contributed by atoms with Crippen molar-refractivity contribution in [2.24, 2.45) is 11.8 Å². The van der Waals surface area contributed by atoms with Crippen molar-refractivity contribution in [3.05, 3.63) is 65.2 Å². The average molecular weight is 628 g/mol. The minimum atomic E-state index is -0.907. The van der Waals surface area contributed by atoms with E-state index in [0.717, 1.165) is 49.0 Å². The van der Waals surface area contributed by atoms with Gasteiger partial charge in [-0.2, -0.15) is 0 Å². The molecule has 3 atom stereocenters. The molecule has 3 heterocycles. The maximum absolute atomic E-state index is 12.0. The van der Waals surface area contributed by atoms with Crippen LogP contribution in [0.1, 0.15) is 67.7 Å². The maximum Gasteiger partial charge on any atom is 0.121 e.